The molecule has 1 atom stereocenters. The smallest absolute Gasteiger partial charge is 0.274 e. The van der Waals surface area contributed by atoms with Gasteiger partial charge in [-0.05, 0) is 74.6 Å². The number of rotatable bonds is 17. The van der Waals surface area contributed by atoms with Crippen LogP contribution < -0.4 is 36.3 Å². The van der Waals surface area contributed by atoms with Crippen LogP contribution in [0.5, 0.6) is 11.5 Å². The molecule has 0 radical (unpaired) electrons. The van der Waals surface area contributed by atoms with Gasteiger partial charge in [0.15, 0.2) is 0 Å². The van der Waals surface area contributed by atoms with Gasteiger partial charge in [-0.25, -0.2) is 0 Å². The molecular formula is C55H59N11O10S. The van der Waals surface area contributed by atoms with Gasteiger partial charge in [-0.2, -0.15) is 0 Å². The van der Waals surface area contributed by atoms with E-state index in [0.29, 0.717) is 76.9 Å². The molecule has 1 unspecified atom stereocenters. The third-order valence-electron chi connectivity index (χ3n) is 15.0. The van der Waals surface area contributed by atoms with Gasteiger partial charge in [0.2, 0.25) is 17.7 Å². The third kappa shape index (κ3) is 11.1. The number of pyridine rings is 1. The van der Waals surface area contributed by atoms with Crippen LogP contribution >= 0.6 is 11.9 Å². The molecule has 21 nitrogen and oxygen atoms in total. The molecule has 0 spiro atoms. The van der Waals surface area contributed by atoms with E-state index < -0.39 is 35.6 Å². The number of para-hydroxylation sites is 1. The van der Waals surface area contributed by atoms with E-state index >= 15 is 0 Å². The van der Waals surface area contributed by atoms with Gasteiger partial charge in [-0.1, -0.05) is 36.2 Å². The Hall–Kier alpha value is -8.24. The molecule has 400 valence electrons. The van der Waals surface area contributed by atoms with E-state index in [1.807, 2.05) is 59.7 Å². The number of aromatic amines is 1. The van der Waals surface area contributed by atoms with Crippen LogP contribution in [0.4, 0.5) is 11.4 Å². The molecule has 7 heterocycles. The maximum atomic E-state index is 14.7. The number of ether oxygens (including phenoxy) is 1. The number of carbonyl (C=O) groups excluding carboxylic acids is 8. The number of imide groups is 2. The first-order chi connectivity index (χ1) is 37.2. The molecule has 0 bridgehead atoms. The van der Waals surface area contributed by atoms with Crippen LogP contribution in [0.25, 0.3) is 22.0 Å². The summed E-state index contributed by atoms with van der Waals surface area (Å²) < 4.78 is 11.3. The topological polar surface area (TPSA) is 257 Å². The molecule has 5 aliphatic heterocycles. The van der Waals surface area contributed by atoms with Crippen molar-refractivity contribution in [2.45, 2.75) is 69.6 Å². The molecular weight excluding hydrogens is 1010 g/mol. The Morgan fingerprint density at radius 1 is 0.792 bits per heavy atom. The molecule has 5 aliphatic rings. The third-order valence-corrected chi connectivity index (χ3v) is 15.4. The molecule has 0 aliphatic carbocycles. The number of hydrogen-bond acceptors (Lipinski definition) is 14. The number of piperidine rings is 3. The summed E-state index contributed by atoms with van der Waals surface area (Å²) in [5.41, 5.74) is 4.31. The number of nitrogens with one attached hydrogen (secondary N) is 6. The minimum atomic E-state index is -0.675. The van der Waals surface area contributed by atoms with Crippen LogP contribution in [0.3, 0.4) is 0 Å². The van der Waals surface area contributed by atoms with Gasteiger partial charge >= 0.3 is 0 Å². The second-order valence-corrected chi connectivity index (χ2v) is 20.4. The maximum absolute atomic E-state index is 14.7. The number of nitrogens with zero attached hydrogens (tertiary/aromatic N) is 5. The average Bonchev–Trinajstić information content (AvgIpc) is 4.13. The highest BCUT2D eigenvalue weighted by Crippen LogP contribution is 2.42. The van der Waals surface area contributed by atoms with Crippen LogP contribution in [-0.2, 0) is 37.6 Å². The number of anilines is 2. The molecule has 3 fully saturated rings. The zero-order chi connectivity index (χ0) is 53.9. The molecule has 0 saturated carbocycles. The molecule has 8 amide bonds. The molecule has 3 saturated heterocycles. The average molecular weight is 1070 g/mol. The number of benzene rings is 3. The van der Waals surface area contributed by atoms with Crippen LogP contribution in [-0.4, -0.2) is 147 Å². The highest BCUT2D eigenvalue weighted by atomic mass is 32.2. The first-order valence-electron chi connectivity index (χ1n) is 25.8. The Morgan fingerprint density at radius 2 is 1.53 bits per heavy atom. The van der Waals surface area contributed by atoms with Crippen LogP contribution in [0.1, 0.15) is 81.7 Å². The van der Waals surface area contributed by atoms with Crippen molar-refractivity contribution in [2.24, 2.45) is 7.05 Å². The van der Waals surface area contributed by atoms with Crippen LogP contribution in [0.15, 0.2) is 89.9 Å². The summed E-state index contributed by atoms with van der Waals surface area (Å²) >= 11 is 1.33. The SMILES string of the molecule is CSNc1cc(-c2cn(C)c(=O)c3[nH]c(C(=O)NCCNC(=O)CCN4C(=O)C=CC4=O)cc23)c(Oc2ccccc2)cc1C(=O)N1CCC(N2CCC(Nc3cccc4c3CN(C3CCC(=O)NC3=O)C4=O)CC2)CC1. The summed E-state index contributed by atoms with van der Waals surface area (Å²) in [5.74, 6) is -2.09. The Labute approximate surface area is 447 Å². The van der Waals surface area contributed by atoms with E-state index in [1.54, 1.807) is 36.3 Å². The predicted molar refractivity (Wildman–Crippen MR) is 288 cm³/mol. The lowest BCUT2D eigenvalue weighted by Crippen LogP contribution is -2.52. The number of fused-ring (bicyclic) bond motifs is 2. The first-order valence-corrected chi connectivity index (χ1v) is 27.0. The van der Waals surface area contributed by atoms with E-state index in [0.717, 1.165) is 67.1 Å². The predicted octanol–water partition coefficient (Wildman–Crippen LogP) is 4.12. The maximum Gasteiger partial charge on any atom is 0.274 e. The van der Waals surface area contributed by atoms with E-state index in [4.69, 9.17) is 4.74 Å². The molecule has 5 aromatic rings. The number of hydrogen-bond donors (Lipinski definition) is 6. The van der Waals surface area contributed by atoms with Crippen molar-refractivity contribution in [1.29, 1.82) is 0 Å². The van der Waals surface area contributed by atoms with Crippen molar-refractivity contribution >= 4 is 81.5 Å². The number of carbonyl (C=O) groups is 8. The number of aromatic nitrogens is 2. The van der Waals surface area contributed by atoms with E-state index in [-0.39, 0.29) is 73.0 Å². The van der Waals surface area contributed by atoms with Crippen molar-refractivity contribution in [3.05, 3.63) is 118 Å². The summed E-state index contributed by atoms with van der Waals surface area (Å²) in [6.45, 7) is 3.21. The summed E-state index contributed by atoms with van der Waals surface area (Å²) in [6.07, 6.45) is 9.63. The van der Waals surface area contributed by atoms with Crippen molar-refractivity contribution in [3.63, 3.8) is 0 Å². The Balaban J connectivity index is 0.801. The molecule has 6 N–H and O–H groups in total. The lowest BCUT2D eigenvalue weighted by molar-refractivity contribution is -0.138. The van der Waals surface area contributed by atoms with Gasteiger partial charge in [0.05, 0.1) is 11.3 Å². The van der Waals surface area contributed by atoms with Crippen molar-refractivity contribution in [1.82, 2.24) is 45.1 Å². The summed E-state index contributed by atoms with van der Waals surface area (Å²) in [4.78, 5) is 126. The Bertz CT molecular complexity index is 3270. The van der Waals surface area contributed by atoms with E-state index in [1.165, 1.54) is 16.5 Å². The quantitative estimate of drug-likeness (QED) is 0.0436. The molecule has 77 heavy (non-hydrogen) atoms. The minimum absolute atomic E-state index is 0.0523. The van der Waals surface area contributed by atoms with Crippen LogP contribution in [0, 0.1) is 0 Å². The number of H-pyrrole nitrogens is 1. The second kappa shape index (κ2) is 22.5. The first kappa shape index (κ1) is 52.2. The zero-order valence-electron chi connectivity index (χ0n) is 42.6. The summed E-state index contributed by atoms with van der Waals surface area (Å²) in [7, 11) is 1.61. The fraction of sp³-hybridized carbons (Fsp3) is 0.364. The van der Waals surface area contributed by atoms with Crippen molar-refractivity contribution in [2.75, 3.05) is 62.1 Å². The minimum Gasteiger partial charge on any atom is -0.457 e. The van der Waals surface area contributed by atoms with Crippen molar-refractivity contribution in [3.8, 4) is 22.6 Å². The lowest BCUT2D eigenvalue weighted by Gasteiger charge is -2.42. The van der Waals surface area contributed by atoms with E-state index in [2.05, 4.69) is 35.9 Å². The highest BCUT2D eigenvalue weighted by Gasteiger charge is 2.40. The highest BCUT2D eigenvalue weighted by molar-refractivity contribution is 7.99. The number of likely N-dealkylation sites (tertiary alicyclic amines) is 2. The molecule has 10 rings (SSSR count). The summed E-state index contributed by atoms with van der Waals surface area (Å²) in [6, 6.07) is 19.8. The van der Waals surface area contributed by atoms with Gasteiger partial charge in [0.1, 0.15) is 28.8 Å². The molecule has 3 aromatic carbocycles. The lowest BCUT2D eigenvalue weighted by atomic mass is 9.96. The largest absolute Gasteiger partial charge is 0.457 e. The second-order valence-electron chi connectivity index (χ2n) is 19.8. The standard InChI is InChI=1S/C55H59N11O10S/c1-62-30-39(37-28-43(59-50(37)55(62)75)51(71)57-21-20-56-46(67)19-26-65-48(69)13-14-49(65)70)36-27-42(61-77-2)38(29-45(36)76-34-7-4-3-5-8-34)53(73)64-24-17-33(18-25-64)63-22-15-32(16-23-63)58-41-10-6-9-35-40(41)31-66(54(35)74)44-11-12-47(68)60-52(44)72/h3-10,13-14,27-30,32-33,44,58-59,61H,11-12,15-26,31H2,1-2H3,(H,56,67)(H,57,71)(H,60,68,72). The fourth-order valence-corrected chi connectivity index (χ4v) is 11.3. The van der Waals surface area contributed by atoms with Crippen molar-refractivity contribution < 1.29 is 43.1 Å². The van der Waals surface area contributed by atoms with Gasteiger partial charge < -0.3 is 49.7 Å². The van der Waals surface area contributed by atoms with Crippen LogP contribution in [0.2, 0.25) is 0 Å². The van der Waals surface area contributed by atoms with Gasteiger partial charge in [0, 0.05) is 142 Å². The normalized spacial score (nSPS) is 18.2. The van der Waals surface area contributed by atoms with Gasteiger partial charge in [-0.15, -0.1) is 0 Å². The Morgan fingerprint density at radius 3 is 2.26 bits per heavy atom. The zero-order valence-corrected chi connectivity index (χ0v) is 43.5. The molecule has 22 heteroatoms. The Kier molecular flexibility index (Phi) is 15.3. The van der Waals surface area contributed by atoms with Gasteiger partial charge in [-0.3, -0.25) is 53.4 Å². The fourth-order valence-electron chi connectivity index (χ4n) is 10.9. The molecule has 2 aromatic heterocycles. The number of aryl methyl sites for hydroxylation is 1. The van der Waals surface area contributed by atoms with E-state index in [9.17, 15) is 43.2 Å². The monoisotopic (exact) mass is 1070 g/mol. The van der Waals surface area contributed by atoms with Gasteiger partial charge in [0.25, 0.3) is 35.1 Å². The number of amides is 8. The summed E-state index contributed by atoms with van der Waals surface area (Å²) in [5, 5.41) is 12.0.